The molecule has 1 amide bonds. The molecule has 0 spiro atoms. The number of nitrogens with zero attached hydrogens (tertiary/aromatic N) is 1. The molecule has 2 unspecified atom stereocenters. The fourth-order valence-electron chi connectivity index (χ4n) is 2.79. The molecule has 0 aliphatic heterocycles. The van der Waals surface area contributed by atoms with Gasteiger partial charge in [0, 0.05) is 11.6 Å². The Morgan fingerprint density at radius 1 is 1.00 bits per heavy atom. The number of benzene rings is 3. The summed E-state index contributed by atoms with van der Waals surface area (Å²) in [5.74, 6) is -1.77. The van der Waals surface area contributed by atoms with Crippen molar-refractivity contribution in [2.75, 3.05) is 0 Å². The maximum absolute atomic E-state index is 13.9. The smallest absolute Gasteiger partial charge is 0.262 e. The molecule has 0 aliphatic rings. The van der Waals surface area contributed by atoms with Crippen LogP contribution in [0.1, 0.15) is 18.5 Å². The molecule has 4 nitrogen and oxygen atoms in total. The molecule has 0 bridgehead atoms. The van der Waals surface area contributed by atoms with E-state index in [-0.39, 0.29) is 5.56 Å². The molecule has 0 radical (unpaired) electrons. The third-order valence-electron chi connectivity index (χ3n) is 4.33. The van der Waals surface area contributed by atoms with Gasteiger partial charge in [-0.2, -0.15) is 5.26 Å². The molecule has 0 saturated carbocycles. The van der Waals surface area contributed by atoms with Gasteiger partial charge in [-0.05, 0) is 36.2 Å². The van der Waals surface area contributed by atoms with Crippen LogP contribution in [0.4, 0.5) is 8.78 Å². The van der Waals surface area contributed by atoms with Crippen molar-refractivity contribution in [3.63, 3.8) is 0 Å². The lowest BCUT2D eigenvalue weighted by molar-refractivity contribution is -0.127. The van der Waals surface area contributed by atoms with Gasteiger partial charge in [-0.25, -0.2) is 8.78 Å². The van der Waals surface area contributed by atoms with Crippen molar-refractivity contribution < 1.29 is 18.3 Å². The maximum Gasteiger partial charge on any atom is 0.262 e. The van der Waals surface area contributed by atoms with Gasteiger partial charge in [0.1, 0.15) is 23.4 Å². The summed E-state index contributed by atoms with van der Waals surface area (Å²) in [5, 5.41) is 11.7. The summed E-state index contributed by atoms with van der Waals surface area (Å²) < 4.78 is 32.6. The van der Waals surface area contributed by atoms with Crippen LogP contribution in [0.15, 0.2) is 72.8 Å². The first-order valence-corrected chi connectivity index (χ1v) is 8.95. The van der Waals surface area contributed by atoms with Crippen LogP contribution >= 0.6 is 0 Å². The number of hydrogen-bond donors (Lipinski definition) is 1. The molecule has 146 valence electrons. The van der Waals surface area contributed by atoms with Crippen molar-refractivity contribution in [1.29, 1.82) is 5.26 Å². The van der Waals surface area contributed by atoms with E-state index in [4.69, 9.17) is 4.74 Å². The van der Waals surface area contributed by atoms with Crippen molar-refractivity contribution in [1.82, 2.24) is 5.32 Å². The summed E-state index contributed by atoms with van der Waals surface area (Å²) in [6.45, 7) is 1.52. The van der Waals surface area contributed by atoms with Gasteiger partial charge in [0.15, 0.2) is 6.10 Å². The highest BCUT2D eigenvalue weighted by atomic mass is 19.1. The number of carbonyl (C=O) groups excluding carboxylic acids is 1. The molecule has 0 saturated heterocycles. The maximum atomic E-state index is 13.9. The molecular formula is C23H18F2N2O2. The van der Waals surface area contributed by atoms with Gasteiger partial charge in [-0.15, -0.1) is 0 Å². The van der Waals surface area contributed by atoms with E-state index in [9.17, 15) is 18.8 Å². The van der Waals surface area contributed by atoms with Gasteiger partial charge >= 0.3 is 0 Å². The second-order valence-corrected chi connectivity index (χ2v) is 6.39. The van der Waals surface area contributed by atoms with Crippen LogP contribution in [-0.4, -0.2) is 12.0 Å². The Kier molecular flexibility index (Phi) is 6.20. The Morgan fingerprint density at radius 2 is 1.66 bits per heavy atom. The lowest BCUT2D eigenvalue weighted by Gasteiger charge is -2.18. The lowest BCUT2D eigenvalue weighted by atomic mass is 10.1. The lowest BCUT2D eigenvalue weighted by Crippen LogP contribution is -2.38. The molecule has 6 heteroatoms. The van der Waals surface area contributed by atoms with Crippen LogP contribution in [0.5, 0.6) is 5.75 Å². The molecular weight excluding hydrogens is 374 g/mol. The zero-order valence-corrected chi connectivity index (χ0v) is 15.6. The quantitative estimate of drug-likeness (QED) is 0.657. The second kappa shape index (κ2) is 8.98. The average molecular weight is 392 g/mol. The summed E-state index contributed by atoms with van der Waals surface area (Å²) in [6, 6.07) is 20.4. The van der Waals surface area contributed by atoms with Crippen LogP contribution in [0.3, 0.4) is 0 Å². The first-order valence-electron chi connectivity index (χ1n) is 8.95. The Hall–Kier alpha value is -3.72. The minimum atomic E-state index is -1.25. The summed E-state index contributed by atoms with van der Waals surface area (Å²) in [5.41, 5.74) is 1.95. The molecule has 1 N–H and O–H groups in total. The Labute approximate surface area is 167 Å². The molecule has 29 heavy (non-hydrogen) atoms. The molecule has 3 aromatic carbocycles. The van der Waals surface area contributed by atoms with E-state index < -0.39 is 29.7 Å². The number of nitrogens with one attached hydrogen (secondary N) is 1. The topological polar surface area (TPSA) is 62.1 Å². The van der Waals surface area contributed by atoms with Crippen LogP contribution < -0.4 is 10.1 Å². The Bertz CT molecular complexity index is 1030. The number of amides is 1. The number of nitriles is 1. The number of halogens is 2. The van der Waals surface area contributed by atoms with E-state index in [2.05, 4.69) is 5.32 Å². The molecule has 0 heterocycles. The first-order chi connectivity index (χ1) is 14.0. The van der Waals surface area contributed by atoms with E-state index >= 15 is 0 Å². The van der Waals surface area contributed by atoms with Crippen molar-refractivity contribution in [2.24, 2.45) is 0 Å². The van der Waals surface area contributed by atoms with Gasteiger partial charge < -0.3 is 10.1 Å². The SMILES string of the molecule is CC(Oc1ccc(-c2ccccc2)cc1)C(=O)NC(C#N)c1ccc(F)cc1F. The van der Waals surface area contributed by atoms with E-state index in [0.29, 0.717) is 11.8 Å². The Morgan fingerprint density at radius 3 is 2.28 bits per heavy atom. The van der Waals surface area contributed by atoms with Crippen LogP contribution in [0.2, 0.25) is 0 Å². The van der Waals surface area contributed by atoms with Gasteiger partial charge in [-0.3, -0.25) is 4.79 Å². The first kappa shape index (κ1) is 20.0. The van der Waals surface area contributed by atoms with E-state index in [1.165, 1.54) is 6.92 Å². The minimum absolute atomic E-state index is 0.110. The highest BCUT2D eigenvalue weighted by Gasteiger charge is 2.22. The molecule has 0 aliphatic carbocycles. The summed E-state index contributed by atoms with van der Waals surface area (Å²) in [4.78, 5) is 12.4. The highest BCUT2D eigenvalue weighted by molar-refractivity contribution is 5.81. The van der Waals surface area contributed by atoms with Crippen molar-refractivity contribution in [2.45, 2.75) is 19.1 Å². The number of rotatable bonds is 6. The standard InChI is InChI=1S/C23H18F2N2O2/c1-15(23(28)27-22(14-26)20-12-9-18(24)13-21(20)25)29-19-10-7-17(8-11-19)16-5-3-2-4-6-16/h2-13,15,22H,1H3,(H,27,28). The van der Waals surface area contributed by atoms with E-state index in [0.717, 1.165) is 23.3 Å². The third-order valence-corrected chi connectivity index (χ3v) is 4.33. The zero-order chi connectivity index (χ0) is 20.8. The van der Waals surface area contributed by atoms with Crippen molar-refractivity contribution in [3.05, 3.63) is 90.0 Å². The molecule has 0 aromatic heterocycles. The third kappa shape index (κ3) is 4.96. The van der Waals surface area contributed by atoms with Crippen LogP contribution in [0, 0.1) is 23.0 Å². The van der Waals surface area contributed by atoms with Crippen LogP contribution in [0.25, 0.3) is 11.1 Å². The molecule has 2 atom stereocenters. The number of carbonyl (C=O) groups is 1. The van der Waals surface area contributed by atoms with E-state index in [1.54, 1.807) is 18.2 Å². The van der Waals surface area contributed by atoms with Crippen molar-refractivity contribution in [3.8, 4) is 22.9 Å². The monoisotopic (exact) mass is 392 g/mol. The van der Waals surface area contributed by atoms with Crippen molar-refractivity contribution >= 4 is 5.91 Å². The molecule has 3 rings (SSSR count). The fraction of sp³-hybridized carbons (Fsp3) is 0.130. The fourth-order valence-corrected chi connectivity index (χ4v) is 2.79. The van der Waals surface area contributed by atoms with Gasteiger partial charge in [0.2, 0.25) is 0 Å². The van der Waals surface area contributed by atoms with Gasteiger partial charge in [0.25, 0.3) is 5.91 Å². The average Bonchev–Trinajstić information content (AvgIpc) is 2.73. The number of hydrogen-bond acceptors (Lipinski definition) is 3. The van der Waals surface area contributed by atoms with Crippen LogP contribution in [-0.2, 0) is 4.79 Å². The van der Waals surface area contributed by atoms with Gasteiger partial charge in [-0.1, -0.05) is 48.5 Å². The summed E-state index contributed by atoms with van der Waals surface area (Å²) >= 11 is 0. The normalized spacial score (nSPS) is 12.5. The Balaban J connectivity index is 1.64. The highest BCUT2D eigenvalue weighted by Crippen LogP contribution is 2.23. The largest absolute Gasteiger partial charge is 0.481 e. The number of ether oxygens (including phenoxy) is 1. The minimum Gasteiger partial charge on any atom is -0.481 e. The second-order valence-electron chi connectivity index (χ2n) is 6.39. The van der Waals surface area contributed by atoms with Gasteiger partial charge in [0.05, 0.1) is 6.07 Å². The zero-order valence-electron chi connectivity index (χ0n) is 15.6. The molecule has 0 fully saturated rings. The molecule has 3 aromatic rings. The predicted octanol–water partition coefficient (Wildman–Crippen LogP) is 4.78. The predicted molar refractivity (Wildman–Crippen MR) is 105 cm³/mol. The summed E-state index contributed by atoms with van der Waals surface area (Å²) in [6.07, 6.45) is -0.920. The summed E-state index contributed by atoms with van der Waals surface area (Å²) in [7, 11) is 0. The van der Waals surface area contributed by atoms with E-state index in [1.807, 2.05) is 42.5 Å².